The third kappa shape index (κ3) is 2.42. The molecule has 8 heteroatoms. The Bertz CT molecular complexity index is 475. The van der Waals surface area contributed by atoms with Gasteiger partial charge in [0.1, 0.15) is 0 Å². The minimum atomic E-state index is -4.54. The van der Waals surface area contributed by atoms with E-state index in [0.717, 1.165) is 19.5 Å². The summed E-state index contributed by atoms with van der Waals surface area (Å²) in [4.78, 5) is 7.98. The number of nitrogens with zero attached hydrogens (tertiary/aromatic N) is 4. The average Bonchev–Trinajstić information content (AvgIpc) is 2.84. The van der Waals surface area contributed by atoms with Crippen molar-refractivity contribution in [3.63, 3.8) is 0 Å². The molecule has 4 rings (SSSR count). The van der Waals surface area contributed by atoms with E-state index in [0.29, 0.717) is 24.7 Å². The number of piperidine rings is 1. The van der Waals surface area contributed by atoms with Crippen LogP contribution in [0.2, 0.25) is 0 Å². The van der Waals surface area contributed by atoms with Crippen LogP contribution in [0.5, 0.6) is 0 Å². The molecule has 2 bridgehead atoms. The van der Waals surface area contributed by atoms with Crippen molar-refractivity contribution in [3.05, 3.63) is 11.7 Å². The number of fused-ring (bicyclic) bond motifs is 2. The number of aromatic nitrogens is 2. The van der Waals surface area contributed by atoms with E-state index >= 15 is 0 Å². The summed E-state index contributed by atoms with van der Waals surface area (Å²) in [7, 11) is 0. The van der Waals surface area contributed by atoms with Gasteiger partial charge >= 0.3 is 6.18 Å². The van der Waals surface area contributed by atoms with Gasteiger partial charge in [0.15, 0.2) is 0 Å². The average molecular weight is 290 g/mol. The first kappa shape index (κ1) is 13.8. The molecule has 5 nitrogen and oxygen atoms in total. The van der Waals surface area contributed by atoms with Crippen LogP contribution in [0.1, 0.15) is 32.0 Å². The molecular weight excluding hydrogens is 273 g/mol. The number of hydrogen-bond acceptors (Lipinski definition) is 5. The van der Waals surface area contributed by atoms with Crippen LogP contribution in [0.15, 0.2) is 4.52 Å². The zero-order valence-corrected chi connectivity index (χ0v) is 11.4. The van der Waals surface area contributed by atoms with Crippen LogP contribution in [0.25, 0.3) is 0 Å². The molecule has 0 N–H and O–H groups in total. The van der Waals surface area contributed by atoms with Crippen molar-refractivity contribution in [1.29, 1.82) is 0 Å². The molecule has 0 saturated carbocycles. The summed E-state index contributed by atoms with van der Waals surface area (Å²) in [5, 5.41) is 2.99. The van der Waals surface area contributed by atoms with Crippen LogP contribution in [-0.2, 0) is 12.7 Å². The second-order valence-corrected chi connectivity index (χ2v) is 5.77. The maximum absolute atomic E-state index is 12.4. The Kier molecular flexibility index (Phi) is 3.24. The first-order chi connectivity index (χ1) is 9.34. The van der Waals surface area contributed by atoms with Crippen LogP contribution in [0.4, 0.5) is 13.2 Å². The third-order valence-corrected chi connectivity index (χ3v) is 4.14. The fourth-order valence-corrected chi connectivity index (χ4v) is 2.99. The molecule has 0 aromatic carbocycles. The maximum atomic E-state index is 12.4. The number of rotatable bonds is 3. The van der Waals surface area contributed by atoms with E-state index in [2.05, 4.69) is 33.8 Å². The van der Waals surface area contributed by atoms with Gasteiger partial charge < -0.3 is 4.52 Å². The molecule has 3 saturated heterocycles. The smallest absolute Gasteiger partial charge is 0.338 e. The third-order valence-electron chi connectivity index (χ3n) is 4.14. The Labute approximate surface area is 114 Å². The molecule has 0 aliphatic carbocycles. The molecule has 3 aliphatic heterocycles. The summed E-state index contributed by atoms with van der Waals surface area (Å²) in [6, 6.07) is 1.28. The molecule has 0 radical (unpaired) electrons. The molecule has 0 spiro atoms. The van der Waals surface area contributed by atoms with Gasteiger partial charge in [-0.05, 0) is 20.3 Å². The van der Waals surface area contributed by atoms with E-state index in [1.165, 1.54) is 0 Å². The van der Waals surface area contributed by atoms with Gasteiger partial charge in [0, 0.05) is 31.2 Å². The fraction of sp³-hybridized carbons (Fsp3) is 0.833. The van der Waals surface area contributed by atoms with Gasteiger partial charge in [-0.1, -0.05) is 5.16 Å². The van der Waals surface area contributed by atoms with Crippen molar-refractivity contribution >= 4 is 0 Å². The van der Waals surface area contributed by atoms with Gasteiger partial charge in [0.25, 0.3) is 5.82 Å². The minimum Gasteiger partial charge on any atom is -0.338 e. The number of alkyl halides is 3. The van der Waals surface area contributed by atoms with E-state index in [9.17, 15) is 13.2 Å². The lowest BCUT2D eigenvalue weighted by atomic mass is 9.87. The summed E-state index contributed by atoms with van der Waals surface area (Å²) in [5.41, 5.74) is 0. The molecule has 1 aromatic rings. The Morgan fingerprint density at radius 3 is 2.45 bits per heavy atom. The summed E-state index contributed by atoms with van der Waals surface area (Å²) in [5.74, 6) is -1.15. The molecular formula is C12H17F3N4O. The molecule has 112 valence electrons. The van der Waals surface area contributed by atoms with Gasteiger partial charge in [0.05, 0.1) is 6.54 Å². The van der Waals surface area contributed by atoms with Gasteiger partial charge in [-0.25, -0.2) is 0 Å². The molecule has 3 fully saturated rings. The highest BCUT2D eigenvalue weighted by Gasteiger charge is 2.46. The van der Waals surface area contributed by atoms with Crippen molar-refractivity contribution < 1.29 is 17.7 Å². The van der Waals surface area contributed by atoms with Gasteiger partial charge in [0.2, 0.25) is 5.89 Å². The fourth-order valence-electron chi connectivity index (χ4n) is 2.99. The minimum absolute atomic E-state index is 0.0463. The van der Waals surface area contributed by atoms with Crippen molar-refractivity contribution in [3.8, 4) is 0 Å². The number of halogens is 3. The molecule has 0 amide bonds. The predicted octanol–water partition coefficient (Wildman–Crippen LogP) is 1.76. The summed E-state index contributed by atoms with van der Waals surface area (Å²) in [6.07, 6.45) is -3.44. The Morgan fingerprint density at radius 1 is 1.30 bits per heavy atom. The zero-order chi connectivity index (χ0) is 14.5. The standard InChI is InChI=1S/C12H17F3N4O/c1-7(2)18-4-8-3-9(5-18)19(8)6-10-16-11(17-20-10)12(13,14)15/h7-9H,3-6H2,1-2H3. The molecule has 3 aliphatic rings. The van der Waals surface area contributed by atoms with Crippen LogP contribution < -0.4 is 0 Å². The van der Waals surface area contributed by atoms with Crippen LogP contribution >= 0.6 is 0 Å². The SMILES string of the molecule is CC(C)N1CC2CC(C1)N2Cc1nc(C(F)(F)F)no1. The quantitative estimate of drug-likeness (QED) is 0.848. The summed E-state index contributed by atoms with van der Waals surface area (Å²) >= 11 is 0. The van der Waals surface area contributed by atoms with Crippen molar-refractivity contribution in [1.82, 2.24) is 19.9 Å². The lowest BCUT2D eigenvalue weighted by Gasteiger charge is -2.57. The monoisotopic (exact) mass is 290 g/mol. The van der Waals surface area contributed by atoms with E-state index < -0.39 is 12.0 Å². The summed E-state index contributed by atoms with van der Waals surface area (Å²) in [6.45, 7) is 6.53. The second-order valence-electron chi connectivity index (χ2n) is 5.77. The number of piperazine rings is 1. The Morgan fingerprint density at radius 2 is 1.95 bits per heavy atom. The van der Waals surface area contributed by atoms with E-state index in [-0.39, 0.29) is 5.89 Å². The second kappa shape index (κ2) is 4.70. The molecule has 2 unspecified atom stereocenters. The Balaban J connectivity index is 1.62. The molecule has 20 heavy (non-hydrogen) atoms. The largest absolute Gasteiger partial charge is 0.455 e. The van der Waals surface area contributed by atoms with Crippen LogP contribution in [0, 0.1) is 0 Å². The summed E-state index contributed by atoms with van der Waals surface area (Å²) < 4.78 is 41.9. The first-order valence-corrected chi connectivity index (χ1v) is 6.74. The highest BCUT2D eigenvalue weighted by Crippen LogP contribution is 2.34. The first-order valence-electron chi connectivity index (χ1n) is 6.74. The molecule has 1 aromatic heterocycles. The van der Waals surface area contributed by atoms with Gasteiger partial charge in [-0.3, -0.25) is 9.80 Å². The van der Waals surface area contributed by atoms with Crippen LogP contribution in [-0.4, -0.2) is 51.2 Å². The van der Waals surface area contributed by atoms with Gasteiger partial charge in [-0.15, -0.1) is 0 Å². The number of hydrogen-bond donors (Lipinski definition) is 0. The zero-order valence-electron chi connectivity index (χ0n) is 11.4. The van der Waals surface area contributed by atoms with Crippen molar-refractivity contribution in [2.75, 3.05) is 13.1 Å². The van der Waals surface area contributed by atoms with Crippen molar-refractivity contribution in [2.45, 2.75) is 51.1 Å². The lowest BCUT2D eigenvalue weighted by Crippen LogP contribution is -2.68. The molecule has 4 heterocycles. The highest BCUT2D eigenvalue weighted by atomic mass is 19.4. The lowest BCUT2D eigenvalue weighted by molar-refractivity contribution is -0.146. The predicted molar refractivity (Wildman–Crippen MR) is 63.7 cm³/mol. The topological polar surface area (TPSA) is 45.4 Å². The molecule has 2 atom stereocenters. The van der Waals surface area contributed by atoms with Gasteiger partial charge in [-0.2, -0.15) is 18.2 Å². The van der Waals surface area contributed by atoms with E-state index in [1.54, 1.807) is 0 Å². The normalized spacial score (nSPS) is 27.9. The Hall–Kier alpha value is -1.15. The van der Waals surface area contributed by atoms with E-state index in [4.69, 9.17) is 4.52 Å². The highest BCUT2D eigenvalue weighted by molar-refractivity contribution is 5.03. The van der Waals surface area contributed by atoms with Crippen LogP contribution in [0.3, 0.4) is 0 Å². The van der Waals surface area contributed by atoms with E-state index in [1.807, 2.05) is 0 Å². The van der Waals surface area contributed by atoms with Crippen molar-refractivity contribution in [2.24, 2.45) is 0 Å². The maximum Gasteiger partial charge on any atom is 0.455 e.